The number of rotatable bonds is 4. The number of aliphatic carboxylic acids is 1. The fourth-order valence-electron chi connectivity index (χ4n) is 1.45. The number of benzene rings is 1. The second-order valence-corrected chi connectivity index (χ2v) is 4.21. The highest BCUT2D eigenvalue weighted by molar-refractivity contribution is 6.30. The van der Waals surface area contributed by atoms with Crippen molar-refractivity contribution < 1.29 is 14.3 Å². The highest BCUT2D eigenvalue weighted by Crippen LogP contribution is 2.19. The summed E-state index contributed by atoms with van der Waals surface area (Å²) in [5.74, 6) is -0.723. The van der Waals surface area contributed by atoms with Crippen molar-refractivity contribution in [3.8, 4) is 0 Å². The first-order chi connectivity index (χ1) is 9.10. The summed E-state index contributed by atoms with van der Waals surface area (Å²) in [6.07, 6.45) is 2.02. The van der Waals surface area contributed by atoms with Gasteiger partial charge in [0.2, 0.25) is 5.89 Å². The number of carboxylic acid groups (broad SMARTS) is 1. The molecule has 0 amide bonds. The first-order valence-electron chi connectivity index (χ1n) is 5.63. The van der Waals surface area contributed by atoms with Gasteiger partial charge >= 0.3 is 5.97 Å². The molecule has 0 fully saturated rings. The van der Waals surface area contributed by atoms with E-state index in [0.717, 1.165) is 0 Å². The molecule has 0 aliphatic carbocycles. The van der Waals surface area contributed by atoms with E-state index in [0.29, 0.717) is 22.9 Å². The summed E-state index contributed by atoms with van der Waals surface area (Å²) in [5.41, 5.74) is 0.646. The van der Waals surface area contributed by atoms with Crippen LogP contribution in [0.2, 0.25) is 5.02 Å². The fourth-order valence-corrected chi connectivity index (χ4v) is 1.57. The molecule has 2 aromatic rings. The largest absolute Gasteiger partial charge is 0.477 e. The molecule has 98 valence electrons. The molecule has 1 N–H and O–H groups in total. The number of aromatic nitrogens is 2. The lowest BCUT2D eigenvalue weighted by molar-refractivity contribution is -0.130. The van der Waals surface area contributed by atoms with Crippen molar-refractivity contribution in [3.63, 3.8) is 0 Å². The quantitative estimate of drug-likeness (QED) is 0.870. The molecule has 0 aliphatic rings. The Hall–Kier alpha value is -2.14. The van der Waals surface area contributed by atoms with E-state index in [-0.39, 0.29) is 11.5 Å². The molecule has 19 heavy (non-hydrogen) atoms. The molecule has 6 heteroatoms. The van der Waals surface area contributed by atoms with Gasteiger partial charge in [0, 0.05) is 11.4 Å². The molecule has 2 rings (SSSR count). The third-order valence-electron chi connectivity index (χ3n) is 2.41. The van der Waals surface area contributed by atoms with Crippen LogP contribution in [-0.4, -0.2) is 21.3 Å². The van der Waals surface area contributed by atoms with E-state index in [2.05, 4.69) is 10.2 Å². The molecule has 1 heterocycles. The SMILES string of the molecule is CCc1nnc(/C(=C/c2ccc(Cl)cc2)C(=O)O)o1. The number of hydrogen-bond donors (Lipinski definition) is 1. The molecule has 0 spiro atoms. The van der Waals surface area contributed by atoms with Gasteiger partial charge in [0.05, 0.1) is 0 Å². The molecule has 0 atom stereocenters. The third kappa shape index (κ3) is 3.20. The van der Waals surface area contributed by atoms with Gasteiger partial charge in [-0.25, -0.2) is 4.79 Å². The van der Waals surface area contributed by atoms with Gasteiger partial charge in [-0.2, -0.15) is 0 Å². The lowest BCUT2D eigenvalue weighted by Gasteiger charge is -1.98. The Morgan fingerprint density at radius 2 is 2.05 bits per heavy atom. The Labute approximate surface area is 114 Å². The van der Waals surface area contributed by atoms with Crippen molar-refractivity contribution >= 4 is 29.2 Å². The summed E-state index contributed by atoms with van der Waals surface area (Å²) < 4.78 is 5.25. The molecule has 1 aromatic heterocycles. The summed E-state index contributed by atoms with van der Waals surface area (Å²) in [7, 11) is 0. The smallest absolute Gasteiger partial charge is 0.341 e. The zero-order valence-corrected chi connectivity index (χ0v) is 10.9. The second-order valence-electron chi connectivity index (χ2n) is 3.77. The van der Waals surface area contributed by atoms with Gasteiger partial charge < -0.3 is 9.52 Å². The Morgan fingerprint density at radius 1 is 1.37 bits per heavy atom. The first-order valence-corrected chi connectivity index (χ1v) is 6.01. The maximum atomic E-state index is 11.2. The van der Waals surface area contributed by atoms with Crippen LogP contribution in [0.3, 0.4) is 0 Å². The minimum absolute atomic E-state index is 0.000648. The Bertz CT molecular complexity index is 617. The van der Waals surface area contributed by atoms with E-state index >= 15 is 0 Å². The van der Waals surface area contributed by atoms with Crippen molar-refractivity contribution in [2.45, 2.75) is 13.3 Å². The van der Waals surface area contributed by atoms with Crippen LogP contribution in [-0.2, 0) is 11.2 Å². The molecule has 0 radical (unpaired) electrons. The van der Waals surface area contributed by atoms with Crippen LogP contribution in [0.25, 0.3) is 11.6 Å². The van der Waals surface area contributed by atoms with Crippen LogP contribution in [0.15, 0.2) is 28.7 Å². The second kappa shape index (κ2) is 5.67. The molecule has 0 unspecified atom stereocenters. The predicted octanol–water partition coefficient (Wildman–Crippen LogP) is 2.91. The summed E-state index contributed by atoms with van der Waals surface area (Å²) in [5, 5.41) is 17.3. The van der Waals surface area contributed by atoms with Gasteiger partial charge in [-0.3, -0.25) is 0 Å². The van der Waals surface area contributed by atoms with Crippen molar-refractivity contribution in [3.05, 3.63) is 46.6 Å². The topological polar surface area (TPSA) is 76.2 Å². The van der Waals surface area contributed by atoms with Gasteiger partial charge in [0.25, 0.3) is 5.89 Å². The lowest BCUT2D eigenvalue weighted by Crippen LogP contribution is -2.00. The van der Waals surface area contributed by atoms with Gasteiger partial charge in [0.15, 0.2) is 0 Å². The summed E-state index contributed by atoms with van der Waals surface area (Å²) in [6.45, 7) is 1.85. The molecule has 0 aliphatic heterocycles. The van der Waals surface area contributed by atoms with Gasteiger partial charge in [-0.05, 0) is 23.8 Å². The van der Waals surface area contributed by atoms with Crippen LogP contribution in [0.5, 0.6) is 0 Å². The number of carbonyl (C=O) groups is 1. The fraction of sp³-hybridized carbons (Fsp3) is 0.154. The van der Waals surface area contributed by atoms with E-state index in [9.17, 15) is 9.90 Å². The number of nitrogens with zero attached hydrogens (tertiary/aromatic N) is 2. The number of aryl methyl sites for hydroxylation is 1. The maximum Gasteiger partial charge on any atom is 0.341 e. The third-order valence-corrected chi connectivity index (χ3v) is 2.66. The van der Waals surface area contributed by atoms with E-state index in [4.69, 9.17) is 16.0 Å². The summed E-state index contributed by atoms with van der Waals surface area (Å²) >= 11 is 5.77. The highest BCUT2D eigenvalue weighted by atomic mass is 35.5. The van der Waals surface area contributed by atoms with Gasteiger partial charge in [-0.1, -0.05) is 30.7 Å². The van der Waals surface area contributed by atoms with Crippen molar-refractivity contribution in [1.29, 1.82) is 0 Å². The van der Waals surface area contributed by atoms with Crippen molar-refractivity contribution in [1.82, 2.24) is 10.2 Å². The maximum absolute atomic E-state index is 11.2. The average molecular weight is 279 g/mol. The minimum atomic E-state index is -1.12. The summed E-state index contributed by atoms with van der Waals surface area (Å²) in [4.78, 5) is 11.2. The van der Waals surface area contributed by atoms with E-state index in [1.807, 2.05) is 6.92 Å². The monoisotopic (exact) mass is 278 g/mol. The molecule has 0 saturated carbocycles. The number of carboxylic acids is 1. The number of hydrogen-bond acceptors (Lipinski definition) is 4. The van der Waals surface area contributed by atoms with Crippen LogP contribution >= 0.6 is 11.6 Å². The zero-order chi connectivity index (χ0) is 13.8. The lowest BCUT2D eigenvalue weighted by atomic mass is 10.1. The van der Waals surface area contributed by atoms with Crippen LogP contribution in [0.4, 0.5) is 0 Å². The first kappa shape index (κ1) is 13.3. The molecular formula is C13H11ClN2O3. The van der Waals surface area contributed by atoms with Crippen LogP contribution in [0, 0.1) is 0 Å². The molecular weight excluding hydrogens is 268 g/mol. The molecule has 5 nitrogen and oxygen atoms in total. The Balaban J connectivity index is 2.39. The van der Waals surface area contributed by atoms with Crippen molar-refractivity contribution in [2.24, 2.45) is 0 Å². The zero-order valence-electron chi connectivity index (χ0n) is 10.1. The van der Waals surface area contributed by atoms with Crippen LogP contribution < -0.4 is 0 Å². The molecule has 1 aromatic carbocycles. The van der Waals surface area contributed by atoms with Gasteiger partial charge in [0.1, 0.15) is 5.57 Å². The minimum Gasteiger partial charge on any atom is -0.477 e. The Morgan fingerprint density at radius 3 is 2.58 bits per heavy atom. The average Bonchev–Trinajstić information content (AvgIpc) is 2.86. The Kier molecular flexibility index (Phi) is 3.97. The standard InChI is InChI=1S/C13H11ClN2O3/c1-2-11-15-16-12(19-11)10(13(17)18)7-8-3-5-9(14)6-4-8/h3-7H,2H2,1H3,(H,17,18)/b10-7-. The van der Waals surface area contributed by atoms with Crippen molar-refractivity contribution in [2.75, 3.05) is 0 Å². The summed E-state index contributed by atoms with van der Waals surface area (Å²) in [6, 6.07) is 6.78. The highest BCUT2D eigenvalue weighted by Gasteiger charge is 2.17. The van der Waals surface area contributed by atoms with Gasteiger partial charge in [-0.15, -0.1) is 10.2 Å². The van der Waals surface area contributed by atoms with E-state index in [1.54, 1.807) is 24.3 Å². The molecule has 0 bridgehead atoms. The van der Waals surface area contributed by atoms with E-state index < -0.39 is 5.97 Å². The normalized spacial score (nSPS) is 11.6. The van der Waals surface area contributed by atoms with E-state index in [1.165, 1.54) is 6.08 Å². The predicted molar refractivity (Wildman–Crippen MR) is 70.6 cm³/mol. The molecule has 0 saturated heterocycles. The number of halogens is 1. The van der Waals surface area contributed by atoms with Crippen LogP contribution in [0.1, 0.15) is 24.3 Å².